The van der Waals surface area contributed by atoms with Gasteiger partial charge in [-0.2, -0.15) is 0 Å². The van der Waals surface area contributed by atoms with E-state index >= 15 is 0 Å². The number of nitrogens with one attached hydrogen (secondary N) is 1. The van der Waals surface area contributed by atoms with Gasteiger partial charge in [0.25, 0.3) is 0 Å². The summed E-state index contributed by atoms with van der Waals surface area (Å²) in [5.74, 6) is -0.384. The predicted octanol–water partition coefficient (Wildman–Crippen LogP) is 2.63. The maximum atomic E-state index is 13.2. The standard InChI is InChI=1S/C14H10ClFN4OSe/c1-6-10-13(20-7-2-3-9(16)8(15)4-7)18-5-19-14(10)22-11(6)12(17)21/h2-5H,1H3,(H2,17,21)(H,18,19,20). The van der Waals surface area contributed by atoms with Gasteiger partial charge in [0, 0.05) is 0 Å². The van der Waals surface area contributed by atoms with Crippen molar-refractivity contribution >= 4 is 53.3 Å². The third-order valence-corrected chi connectivity index (χ3v) is 5.97. The number of fused-ring (bicyclic) bond motifs is 1. The number of hydrogen-bond acceptors (Lipinski definition) is 4. The fraction of sp³-hybridized carbons (Fsp3) is 0.0714. The molecule has 0 atom stereocenters. The van der Waals surface area contributed by atoms with Crippen molar-refractivity contribution in [3.8, 4) is 0 Å². The first kappa shape index (κ1) is 15.0. The molecule has 3 aromatic rings. The first-order chi connectivity index (χ1) is 10.5. The van der Waals surface area contributed by atoms with Crippen molar-refractivity contribution in [2.24, 2.45) is 5.73 Å². The Morgan fingerprint density at radius 1 is 1.41 bits per heavy atom. The molecule has 2 heterocycles. The van der Waals surface area contributed by atoms with Crippen molar-refractivity contribution in [3.63, 3.8) is 0 Å². The van der Waals surface area contributed by atoms with Crippen LogP contribution in [0.15, 0.2) is 24.5 Å². The van der Waals surface area contributed by atoms with Crippen LogP contribution in [0.25, 0.3) is 9.78 Å². The molecule has 0 aliphatic rings. The van der Waals surface area contributed by atoms with E-state index in [9.17, 15) is 9.18 Å². The van der Waals surface area contributed by atoms with Crippen molar-refractivity contribution in [1.29, 1.82) is 0 Å². The number of rotatable bonds is 3. The number of amides is 1. The zero-order valence-corrected chi connectivity index (χ0v) is 13.8. The first-order valence-electron chi connectivity index (χ1n) is 6.23. The van der Waals surface area contributed by atoms with Gasteiger partial charge in [0.15, 0.2) is 0 Å². The summed E-state index contributed by atoms with van der Waals surface area (Å²) in [7, 11) is 0. The van der Waals surface area contributed by atoms with Gasteiger partial charge in [-0.3, -0.25) is 0 Å². The summed E-state index contributed by atoms with van der Waals surface area (Å²) in [5, 5.41) is 3.88. The van der Waals surface area contributed by atoms with Crippen LogP contribution in [0, 0.1) is 12.7 Å². The predicted molar refractivity (Wildman–Crippen MR) is 84.4 cm³/mol. The number of benzene rings is 1. The van der Waals surface area contributed by atoms with Crippen LogP contribution >= 0.6 is 11.6 Å². The van der Waals surface area contributed by atoms with Gasteiger partial charge >= 0.3 is 136 Å². The van der Waals surface area contributed by atoms with Crippen molar-refractivity contribution in [2.75, 3.05) is 5.32 Å². The normalized spacial score (nSPS) is 10.9. The molecule has 8 heteroatoms. The summed E-state index contributed by atoms with van der Waals surface area (Å²) in [6, 6.07) is 4.30. The number of hydrogen-bond donors (Lipinski definition) is 2. The van der Waals surface area contributed by atoms with E-state index in [1.165, 1.54) is 18.5 Å². The Labute approximate surface area is 136 Å². The summed E-state index contributed by atoms with van der Waals surface area (Å²) in [6.45, 7) is 1.82. The summed E-state index contributed by atoms with van der Waals surface area (Å²) in [6.07, 6.45) is 1.42. The Kier molecular flexibility index (Phi) is 3.86. The molecule has 2 aromatic heterocycles. The van der Waals surface area contributed by atoms with Crippen LogP contribution < -0.4 is 11.1 Å². The van der Waals surface area contributed by atoms with Crippen LogP contribution in [0.3, 0.4) is 0 Å². The molecule has 0 unspecified atom stereocenters. The Bertz CT molecular complexity index is 896. The molecule has 0 aliphatic carbocycles. The molecule has 0 bridgehead atoms. The number of carbonyl (C=O) groups is 1. The molecule has 0 saturated carbocycles. The Morgan fingerprint density at radius 2 is 2.18 bits per heavy atom. The zero-order chi connectivity index (χ0) is 15.9. The topological polar surface area (TPSA) is 80.9 Å². The molecule has 5 nitrogen and oxygen atoms in total. The van der Waals surface area contributed by atoms with Crippen molar-refractivity contribution in [1.82, 2.24) is 9.97 Å². The molecule has 112 valence electrons. The van der Waals surface area contributed by atoms with Crippen LogP contribution in [-0.2, 0) is 0 Å². The first-order valence-corrected chi connectivity index (χ1v) is 8.32. The van der Waals surface area contributed by atoms with Gasteiger partial charge in [0.05, 0.1) is 0 Å². The average molecular weight is 384 g/mol. The summed E-state index contributed by atoms with van der Waals surface area (Å²) in [4.78, 5) is 19.9. The molecule has 1 amide bonds. The zero-order valence-electron chi connectivity index (χ0n) is 11.4. The minimum atomic E-state index is -0.490. The van der Waals surface area contributed by atoms with E-state index < -0.39 is 11.7 Å². The van der Waals surface area contributed by atoms with Crippen LogP contribution in [0.1, 0.15) is 14.8 Å². The fourth-order valence-electron chi connectivity index (χ4n) is 2.11. The molecule has 0 spiro atoms. The number of halogens is 2. The third-order valence-electron chi connectivity index (χ3n) is 3.13. The van der Waals surface area contributed by atoms with E-state index in [-0.39, 0.29) is 19.5 Å². The summed E-state index contributed by atoms with van der Waals surface area (Å²) < 4.78 is 14.6. The molecular formula is C14H10ClFN4OSe. The second kappa shape index (κ2) is 5.68. The molecule has 3 rings (SSSR count). The van der Waals surface area contributed by atoms with Gasteiger partial charge in [0.1, 0.15) is 0 Å². The summed E-state index contributed by atoms with van der Waals surface area (Å²) >= 11 is 5.54. The van der Waals surface area contributed by atoms with E-state index in [2.05, 4.69) is 15.3 Å². The van der Waals surface area contributed by atoms with Crippen molar-refractivity contribution in [3.05, 3.63) is 45.4 Å². The number of nitrogens with zero attached hydrogens (tertiary/aromatic N) is 2. The maximum absolute atomic E-state index is 13.2. The molecule has 1 aromatic carbocycles. The van der Waals surface area contributed by atoms with Gasteiger partial charge in [-0.1, -0.05) is 0 Å². The van der Waals surface area contributed by atoms with Gasteiger partial charge in [-0.15, -0.1) is 0 Å². The Balaban J connectivity index is 2.10. The molecule has 0 saturated heterocycles. The number of anilines is 2. The van der Waals surface area contributed by atoms with Crippen LogP contribution in [0.5, 0.6) is 0 Å². The van der Waals surface area contributed by atoms with Crippen LogP contribution in [0.4, 0.5) is 15.9 Å². The second-order valence-corrected chi connectivity index (χ2v) is 7.08. The molecule has 22 heavy (non-hydrogen) atoms. The fourth-order valence-corrected chi connectivity index (χ4v) is 4.39. The number of carbonyl (C=O) groups excluding carboxylic acids is 1. The van der Waals surface area contributed by atoms with Gasteiger partial charge in [-0.05, 0) is 0 Å². The quantitative estimate of drug-likeness (QED) is 0.681. The Hall–Kier alpha value is -1.95. The van der Waals surface area contributed by atoms with Gasteiger partial charge < -0.3 is 0 Å². The molecular weight excluding hydrogens is 374 g/mol. The van der Waals surface area contributed by atoms with E-state index in [1.807, 2.05) is 6.92 Å². The molecule has 0 aliphatic heterocycles. The van der Waals surface area contributed by atoms with Crippen LogP contribution in [0.2, 0.25) is 5.02 Å². The summed E-state index contributed by atoms with van der Waals surface area (Å²) in [5.41, 5.74) is 6.77. The van der Waals surface area contributed by atoms with E-state index in [4.69, 9.17) is 17.3 Å². The van der Waals surface area contributed by atoms with Crippen molar-refractivity contribution in [2.45, 2.75) is 6.92 Å². The number of primary amides is 1. The van der Waals surface area contributed by atoms with E-state index in [1.54, 1.807) is 6.07 Å². The third kappa shape index (κ3) is 2.59. The minimum absolute atomic E-state index is 0.0185. The molecule has 0 fully saturated rings. The van der Waals surface area contributed by atoms with E-state index in [0.29, 0.717) is 15.9 Å². The number of aromatic nitrogens is 2. The van der Waals surface area contributed by atoms with E-state index in [0.717, 1.165) is 15.3 Å². The average Bonchev–Trinajstić information content (AvgIpc) is 2.81. The number of nitrogens with two attached hydrogens (primary N) is 1. The monoisotopic (exact) mass is 384 g/mol. The SMILES string of the molecule is Cc1c(C(N)=O)[se]c2ncnc(Nc3ccc(F)c(Cl)c3)c12. The second-order valence-electron chi connectivity index (χ2n) is 4.58. The van der Waals surface area contributed by atoms with Crippen LogP contribution in [-0.4, -0.2) is 30.4 Å². The molecule has 0 radical (unpaired) electrons. The van der Waals surface area contributed by atoms with Crippen molar-refractivity contribution < 1.29 is 9.18 Å². The molecule has 3 N–H and O–H groups in total. The van der Waals surface area contributed by atoms with Gasteiger partial charge in [0.2, 0.25) is 0 Å². The number of aryl methyl sites for hydroxylation is 1. The Morgan fingerprint density at radius 3 is 2.86 bits per heavy atom. The van der Waals surface area contributed by atoms with Gasteiger partial charge in [-0.25, -0.2) is 0 Å².